The summed E-state index contributed by atoms with van der Waals surface area (Å²) in [4.78, 5) is 39.7. The van der Waals surface area contributed by atoms with Gasteiger partial charge in [0.1, 0.15) is 11.5 Å². The molecule has 6 nitrogen and oxygen atoms in total. The molecular formula is C23H23FN2O4. The Morgan fingerprint density at radius 3 is 2.27 bits per heavy atom. The molecule has 0 atom stereocenters. The first kappa shape index (κ1) is 21.2. The van der Waals surface area contributed by atoms with Crippen molar-refractivity contribution in [3.05, 3.63) is 75.6 Å². The summed E-state index contributed by atoms with van der Waals surface area (Å²) in [6.45, 7) is 7.99. The SMILES string of the molecule is CC(=O)c1c(C)[nH]c(C(=O)OCC(=O)c2cc(C)n(-c3ccc(F)cc3)c2C)c1C. The monoisotopic (exact) mass is 410 g/mol. The van der Waals surface area contributed by atoms with Crippen molar-refractivity contribution in [2.75, 3.05) is 6.61 Å². The first-order chi connectivity index (χ1) is 14.1. The summed E-state index contributed by atoms with van der Waals surface area (Å²) >= 11 is 0. The summed E-state index contributed by atoms with van der Waals surface area (Å²) in [5.74, 6) is -1.53. The van der Waals surface area contributed by atoms with Crippen LogP contribution in [0.1, 0.15) is 60.8 Å². The lowest BCUT2D eigenvalue weighted by Gasteiger charge is -2.10. The van der Waals surface area contributed by atoms with E-state index in [4.69, 9.17) is 4.74 Å². The van der Waals surface area contributed by atoms with Crippen LogP contribution in [0.15, 0.2) is 30.3 Å². The van der Waals surface area contributed by atoms with Gasteiger partial charge in [0, 0.05) is 33.9 Å². The Hall–Kier alpha value is -3.48. The lowest BCUT2D eigenvalue weighted by molar-refractivity contribution is 0.0468. The van der Waals surface area contributed by atoms with E-state index in [1.165, 1.54) is 19.1 Å². The highest BCUT2D eigenvalue weighted by atomic mass is 19.1. The predicted octanol–water partition coefficient (Wildman–Crippen LogP) is 4.42. The lowest BCUT2D eigenvalue weighted by atomic mass is 10.1. The highest BCUT2D eigenvalue weighted by molar-refractivity contribution is 6.03. The lowest BCUT2D eigenvalue weighted by Crippen LogP contribution is -2.16. The van der Waals surface area contributed by atoms with Crippen LogP contribution in [0.25, 0.3) is 5.69 Å². The van der Waals surface area contributed by atoms with Gasteiger partial charge in [-0.2, -0.15) is 0 Å². The number of nitrogens with one attached hydrogen (secondary N) is 1. The quantitative estimate of drug-likeness (QED) is 0.482. The minimum atomic E-state index is -0.691. The van der Waals surface area contributed by atoms with Gasteiger partial charge in [-0.15, -0.1) is 0 Å². The summed E-state index contributed by atoms with van der Waals surface area (Å²) < 4.78 is 20.3. The van der Waals surface area contributed by atoms with Crippen LogP contribution in [0.5, 0.6) is 0 Å². The molecule has 0 fully saturated rings. The highest BCUT2D eigenvalue weighted by Gasteiger charge is 2.23. The van der Waals surface area contributed by atoms with Gasteiger partial charge in [-0.1, -0.05) is 0 Å². The second-order valence-corrected chi connectivity index (χ2v) is 7.28. The zero-order chi connectivity index (χ0) is 22.2. The number of H-pyrrole nitrogens is 1. The average Bonchev–Trinajstić information content (AvgIpc) is 3.15. The molecule has 0 bridgehead atoms. The molecule has 1 N–H and O–H groups in total. The number of aromatic nitrogens is 2. The molecule has 0 aliphatic heterocycles. The van der Waals surface area contributed by atoms with Gasteiger partial charge in [0.15, 0.2) is 12.4 Å². The van der Waals surface area contributed by atoms with Crippen molar-refractivity contribution in [1.29, 1.82) is 0 Å². The fourth-order valence-electron chi connectivity index (χ4n) is 3.80. The molecule has 7 heteroatoms. The first-order valence-electron chi connectivity index (χ1n) is 9.47. The van der Waals surface area contributed by atoms with Gasteiger partial charge in [0.25, 0.3) is 0 Å². The van der Waals surface area contributed by atoms with Crippen molar-refractivity contribution >= 4 is 17.5 Å². The third kappa shape index (κ3) is 3.83. The van der Waals surface area contributed by atoms with E-state index in [-0.39, 0.29) is 23.1 Å². The smallest absolute Gasteiger partial charge is 0.355 e. The number of aryl methyl sites for hydroxylation is 2. The number of esters is 1. The van der Waals surface area contributed by atoms with Gasteiger partial charge in [0.05, 0.1) is 0 Å². The number of Topliss-reactive ketones (excluding diaryl/α,β-unsaturated/α-hetero) is 2. The molecule has 0 saturated carbocycles. The van der Waals surface area contributed by atoms with Crippen LogP contribution in [-0.2, 0) is 4.74 Å². The summed E-state index contributed by atoms with van der Waals surface area (Å²) in [5.41, 5.74) is 4.35. The van der Waals surface area contributed by atoms with Crippen LogP contribution in [0.3, 0.4) is 0 Å². The molecule has 0 radical (unpaired) electrons. The minimum Gasteiger partial charge on any atom is -0.453 e. The van der Waals surface area contributed by atoms with Crippen molar-refractivity contribution in [3.8, 4) is 5.69 Å². The number of benzene rings is 1. The second-order valence-electron chi connectivity index (χ2n) is 7.28. The molecule has 30 heavy (non-hydrogen) atoms. The van der Waals surface area contributed by atoms with E-state index in [2.05, 4.69) is 4.98 Å². The van der Waals surface area contributed by atoms with Crippen molar-refractivity contribution < 1.29 is 23.5 Å². The fraction of sp³-hybridized carbons (Fsp3) is 0.261. The Kier molecular flexibility index (Phi) is 5.73. The van der Waals surface area contributed by atoms with Crippen molar-refractivity contribution in [2.45, 2.75) is 34.6 Å². The van der Waals surface area contributed by atoms with Crippen LogP contribution in [0.2, 0.25) is 0 Å². The molecule has 2 heterocycles. The molecular weight excluding hydrogens is 387 g/mol. The molecule has 0 unspecified atom stereocenters. The van der Waals surface area contributed by atoms with Gasteiger partial charge < -0.3 is 14.3 Å². The zero-order valence-electron chi connectivity index (χ0n) is 17.6. The Labute approximate surface area is 173 Å². The van der Waals surface area contributed by atoms with Crippen molar-refractivity contribution in [2.24, 2.45) is 0 Å². The van der Waals surface area contributed by atoms with E-state index in [0.717, 1.165) is 11.4 Å². The van der Waals surface area contributed by atoms with Crippen LogP contribution >= 0.6 is 0 Å². The molecule has 0 aliphatic carbocycles. The van der Waals surface area contributed by atoms with Gasteiger partial charge in [-0.05, 0) is 70.5 Å². The van der Waals surface area contributed by atoms with Crippen molar-refractivity contribution in [3.63, 3.8) is 0 Å². The maximum atomic E-state index is 13.2. The van der Waals surface area contributed by atoms with Crippen LogP contribution in [0.4, 0.5) is 4.39 Å². The molecule has 0 amide bonds. The Balaban J connectivity index is 1.78. The maximum absolute atomic E-state index is 13.2. The van der Waals surface area contributed by atoms with Crippen LogP contribution in [0, 0.1) is 33.5 Å². The predicted molar refractivity (Wildman–Crippen MR) is 110 cm³/mol. The number of halogens is 1. The van der Waals surface area contributed by atoms with Gasteiger partial charge in [-0.25, -0.2) is 9.18 Å². The van der Waals surface area contributed by atoms with E-state index >= 15 is 0 Å². The average molecular weight is 410 g/mol. The highest BCUT2D eigenvalue weighted by Crippen LogP contribution is 2.22. The van der Waals surface area contributed by atoms with E-state index in [0.29, 0.717) is 28.1 Å². The van der Waals surface area contributed by atoms with Crippen LogP contribution in [-0.4, -0.2) is 33.7 Å². The Bertz CT molecular complexity index is 1150. The summed E-state index contributed by atoms with van der Waals surface area (Å²) in [7, 11) is 0. The third-order valence-corrected chi connectivity index (χ3v) is 5.14. The second kappa shape index (κ2) is 8.10. The fourth-order valence-corrected chi connectivity index (χ4v) is 3.80. The van der Waals surface area contributed by atoms with Gasteiger partial charge in [-0.3, -0.25) is 9.59 Å². The molecule has 1 aromatic carbocycles. The summed E-state index contributed by atoms with van der Waals surface area (Å²) in [6.07, 6.45) is 0. The molecule has 2 aromatic heterocycles. The number of ketones is 2. The van der Waals surface area contributed by atoms with E-state index < -0.39 is 12.6 Å². The maximum Gasteiger partial charge on any atom is 0.355 e. The topological polar surface area (TPSA) is 81.2 Å². The number of aromatic amines is 1. The van der Waals surface area contributed by atoms with E-state index in [9.17, 15) is 18.8 Å². The van der Waals surface area contributed by atoms with Crippen molar-refractivity contribution in [1.82, 2.24) is 9.55 Å². The van der Waals surface area contributed by atoms with E-state index in [1.54, 1.807) is 39.0 Å². The third-order valence-electron chi connectivity index (χ3n) is 5.14. The number of carbonyl (C=O) groups excluding carboxylic acids is 3. The molecule has 0 saturated heterocycles. The molecule has 3 rings (SSSR count). The number of carbonyl (C=O) groups is 3. The number of rotatable bonds is 6. The minimum absolute atomic E-state index is 0.149. The normalized spacial score (nSPS) is 10.9. The summed E-state index contributed by atoms with van der Waals surface area (Å²) in [6, 6.07) is 7.69. The van der Waals surface area contributed by atoms with E-state index in [1.807, 2.05) is 11.5 Å². The van der Waals surface area contributed by atoms with Gasteiger partial charge >= 0.3 is 5.97 Å². The zero-order valence-corrected chi connectivity index (χ0v) is 17.6. The van der Waals surface area contributed by atoms with Crippen LogP contribution < -0.4 is 0 Å². The molecule has 156 valence electrons. The number of nitrogens with zero attached hydrogens (tertiary/aromatic N) is 1. The number of ether oxygens (including phenoxy) is 1. The Morgan fingerprint density at radius 1 is 1.07 bits per heavy atom. The number of hydrogen-bond acceptors (Lipinski definition) is 4. The molecule has 3 aromatic rings. The largest absolute Gasteiger partial charge is 0.453 e. The first-order valence-corrected chi connectivity index (χ1v) is 9.47. The standard InChI is InChI=1S/C23H23FN2O4/c1-12-10-19(15(4)26(12)18-8-6-17(24)7-9-18)20(28)11-30-23(29)22-13(2)21(16(5)27)14(3)25-22/h6-10,25H,11H2,1-5H3. The number of hydrogen-bond donors (Lipinski definition) is 1. The van der Waals surface area contributed by atoms with Gasteiger partial charge in [0.2, 0.25) is 5.78 Å². The molecule has 0 aliphatic rings. The summed E-state index contributed by atoms with van der Waals surface area (Å²) in [5, 5.41) is 0. The molecule has 0 spiro atoms. The Morgan fingerprint density at radius 2 is 1.70 bits per heavy atom.